The summed E-state index contributed by atoms with van der Waals surface area (Å²) in [4.78, 5) is 14.7. The molecule has 0 radical (unpaired) electrons. The topological polar surface area (TPSA) is 56.6 Å². The van der Waals surface area contributed by atoms with Gasteiger partial charge >= 0.3 is 0 Å². The number of hydrogen-bond donors (Lipinski definition) is 0. The molecular formula is C18H23N3O3. The van der Waals surface area contributed by atoms with Gasteiger partial charge in [-0.15, -0.1) is 0 Å². The first-order chi connectivity index (χ1) is 11.5. The molecule has 1 amide bonds. The number of rotatable bonds is 4. The van der Waals surface area contributed by atoms with E-state index < -0.39 is 0 Å². The lowest BCUT2D eigenvalue weighted by Gasteiger charge is -2.42. The quantitative estimate of drug-likeness (QED) is 0.862. The molecule has 0 saturated carbocycles. The maximum Gasteiger partial charge on any atom is 0.254 e. The molecule has 0 aliphatic carbocycles. The Morgan fingerprint density at radius 3 is 2.75 bits per heavy atom. The highest BCUT2D eigenvalue weighted by molar-refractivity contribution is 5.94. The Morgan fingerprint density at radius 2 is 2.12 bits per heavy atom. The molecule has 1 aliphatic rings. The summed E-state index contributed by atoms with van der Waals surface area (Å²) in [5, 5.41) is 4.19. The zero-order chi connectivity index (χ0) is 17.2. The fourth-order valence-electron chi connectivity index (χ4n) is 3.08. The van der Waals surface area contributed by atoms with Crippen molar-refractivity contribution in [2.24, 2.45) is 0 Å². The summed E-state index contributed by atoms with van der Waals surface area (Å²) in [6, 6.07) is 9.35. The molecule has 6 nitrogen and oxygen atoms in total. The maximum absolute atomic E-state index is 12.8. The summed E-state index contributed by atoms with van der Waals surface area (Å²) in [6.07, 6.45) is 3.49. The second-order valence-electron chi connectivity index (χ2n) is 6.64. The summed E-state index contributed by atoms with van der Waals surface area (Å²) < 4.78 is 12.9. The smallest absolute Gasteiger partial charge is 0.254 e. The second-order valence-corrected chi connectivity index (χ2v) is 6.64. The number of carbonyl (C=O) groups excluding carboxylic acids is 1. The minimum Gasteiger partial charge on any atom is -0.382 e. The van der Waals surface area contributed by atoms with Crippen LogP contribution in [0.3, 0.4) is 0 Å². The van der Waals surface area contributed by atoms with E-state index in [1.807, 2.05) is 55.3 Å². The van der Waals surface area contributed by atoms with Gasteiger partial charge in [-0.3, -0.25) is 4.79 Å². The second kappa shape index (κ2) is 6.75. The molecule has 2 aromatic rings. The normalized spacial score (nSPS) is 20.1. The summed E-state index contributed by atoms with van der Waals surface area (Å²) in [7, 11) is 1.64. The first-order valence-electron chi connectivity index (χ1n) is 8.05. The Morgan fingerprint density at radius 1 is 1.38 bits per heavy atom. The average Bonchev–Trinajstić information content (AvgIpc) is 3.07. The Hall–Kier alpha value is -2.18. The van der Waals surface area contributed by atoms with E-state index in [0.29, 0.717) is 25.3 Å². The molecule has 0 bridgehead atoms. The molecular weight excluding hydrogens is 306 g/mol. The molecule has 2 heterocycles. The van der Waals surface area contributed by atoms with Crippen molar-refractivity contribution in [3.8, 4) is 5.69 Å². The van der Waals surface area contributed by atoms with Gasteiger partial charge < -0.3 is 14.4 Å². The summed E-state index contributed by atoms with van der Waals surface area (Å²) in [5.74, 6) is 0.0134. The molecule has 1 aliphatic heterocycles. The molecule has 24 heavy (non-hydrogen) atoms. The summed E-state index contributed by atoms with van der Waals surface area (Å²) in [6.45, 7) is 5.57. The van der Waals surface area contributed by atoms with Gasteiger partial charge in [0, 0.05) is 38.2 Å². The Bertz CT molecular complexity index is 680. The minimum atomic E-state index is -0.383. The van der Waals surface area contributed by atoms with Gasteiger partial charge in [-0.1, -0.05) is 0 Å². The van der Waals surface area contributed by atoms with Gasteiger partial charge in [0.05, 0.1) is 24.0 Å². The van der Waals surface area contributed by atoms with E-state index in [-0.39, 0.29) is 17.6 Å². The molecule has 128 valence electrons. The third kappa shape index (κ3) is 3.66. The van der Waals surface area contributed by atoms with Crippen molar-refractivity contribution in [1.82, 2.24) is 14.7 Å². The van der Waals surface area contributed by atoms with Crippen molar-refractivity contribution in [3.05, 3.63) is 48.3 Å². The molecule has 1 unspecified atom stereocenters. The molecule has 1 aromatic heterocycles. The number of aromatic nitrogens is 2. The number of amides is 1. The largest absolute Gasteiger partial charge is 0.382 e. The van der Waals surface area contributed by atoms with Crippen LogP contribution in [0.25, 0.3) is 5.69 Å². The number of morpholine rings is 1. The lowest BCUT2D eigenvalue weighted by atomic mass is 10.0. The van der Waals surface area contributed by atoms with Gasteiger partial charge in [0.15, 0.2) is 0 Å². The van der Waals surface area contributed by atoms with Crippen molar-refractivity contribution in [1.29, 1.82) is 0 Å². The Kier molecular flexibility index (Phi) is 4.69. The first kappa shape index (κ1) is 16.7. The molecule has 6 heteroatoms. The number of methoxy groups -OCH3 is 1. The Labute approximate surface area is 142 Å². The zero-order valence-corrected chi connectivity index (χ0v) is 14.3. The van der Waals surface area contributed by atoms with Gasteiger partial charge in [0.25, 0.3) is 5.91 Å². The van der Waals surface area contributed by atoms with E-state index in [2.05, 4.69) is 5.10 Å². The minimum absolute atomic E-state index is 0.0134. The van der Waals surface area contributed by atoms with Crippen molar-refractivity contribution < 1.29 is 14.3 Å². The third-order valence-electron chi connectivity index (χ3n) is 4.00. The molecule has 0 spiro atoms. The highest BCUT2D eigenvalue weighted by Gasteiger charge is 2.35. The van der Waals surface area contributed by atoms with Gasteiger partial charge in [0.1, 0.15) is 0 Å². The van der Waals surface area contributed by atoms with Gasteiger partial charge in [-0.05, 0) is 44.2 Å². The van der Waals surface area contributed by atoms with Crippen LogP contribution in [0.2, 0.25) is 0 Å². The van der Waals surface area contributed by atoms with Crippen LogP contribution in [0.15, 0.2) is 42.7 Å². The van der Waals surface area contributed by atoms with E-state index in [4.69, 9.17) is 9.47 Å². The number of benzene rings is 1. The Balaban J connectivity index is 1.75. The van der Waals surface area contributed by atoms with Crippen molar-refractivity contribution >= 4 is 5.91 Å². The first-order valence-corrected chi connectivity index (χ1v) is 8.05. The highest BCUT2D eigenvalue weighted by Crippen LogP contribution is 2.23. The molecule has 1 atom stereocenters. The molecule has 1 fully saturated rings. The predicted octanol–water partition coefficient (Wildman–Crippen LogP) is 2.14. The van der Waals surface area contributed by atoms with Crippen LogP contribution in [0.4, 0.5) is 0 Å². The van der Waals surface area contributed by atoms with Crippen LogP contribution in [0, 0.1) is 0 Å². The van der Waals surface area contributed by atoms with Crippen LogP contribution in [0.1, 0.15) is 24.2 Å². The molecule has 0 N–H and O–H groups in total. The van der Waals surface area contributed by atoms with Gasteiger partial charge in [-0.2, -0.15) is 5.10 Å². The van der Waals surface area contributed by atoms with Crippen LogP contribution in [-0.4, -0.2) is 59.1 Å². The molecule has 1 aromatic carbocycles. The SMILES string of the molecule is COCC1CN(C(=O)c2ccc(-n3cccn3)cc2)CC(C)(C)O1. The fraction of sp³-hybridized carbons (Fsp3) is 0.444. The third-order valence-corrected chi connectivity index (χ3v) is 4.00. The van der Waals surface area contributed by atoms with Crippen molar-refractivity contribution in [3.63, 3.8) is 0 Å². The maximum atomic E-state index is 12.8. The van der Waals surface area contributed by atoms with Crippen molar-refractivity contribution in [2.75, 3.05) is 26.8 Å². The van der Waals surface area contributed by atoms with Crippen LogP contribution in [-0.2, 0) is 9.47 Å². The number of nitrogens with zero attached hydrogens (tertiary/aromatic N) is 3. The van der Waals surface area contributed by atoms with E-state index in [1.165, 1.54) is 0 Å². The predicted molar refractivity (Wildman–Crippen MR) is 90.3 cm³/mol. The number of hydrogen-bond acceptors (Lipinski definition) is 4. The fourth-order valence-corrected chi connectivity index (χ4v) is 3.08. The monoisotopic (exact) mass is 329 g/mol. The molecule has 1 saturated heterocycles. The van der Waals surface area contributed by atoms with Crippen LogP contribution >= 0.6 is 0 Å². The van der Waals surface area contributed by atoms with Crippen molar-refractivity contribution in [2.45, 2.75) is 25.6 Å². The summed E-state index contributed by atoms with van der Waals surface area (Å²) in [5.41, 5.74) is 1.21. The van der Waals surface area contributed by atoms with E-state index in [9.17, 15) is 4.79 Å². The zero-order valence-electron chi connectivity index (χ0n) is 14.3. The van der Waals surface area contributed by atoms with Crippen LogP contribution in [0.5, 0.6) is 0 Å². The van der Waals surface area contributed by atoms with E-state index in [0.717, 1.165) is 5.69 Å². The standard InChI is InChI=1S/C18H23N3O3/c1-18(2)13-20(11-16(24-18)12-23-3)17(22)14-5-7-15(8-6-14)21-10-4-9-19-21/h4-10,16H,11-13H2,1-3H3. The van der Waals surface area contributed by atoms with Gasteiger partial charge in [0.2, 0.25) is 0 Å². The van der Waals surface area contributed by atoms with Gasteiger partial charge in [-0.25, -0.2) is 4.68 Å². The molecule has 3 rings (SSSR count). The number of carbonyl (C=O) groups is 1. The highest BCUT2D eigenvalue weighted by atomic mass is 16.5. The number of ether oxygens (including phenoxy) is 2. The average molecular weight is 329 g/mol. The lowest BCUT2D eigenvalue weighted by molar-refractivity contribution is -0.143. The lowest BCUT2D eigenvalue weighted by Crippen LogP contribution is -2.55. The van der Waals surface area contributed by atoms with E-state index in [1.54, 1.807) is 18.0 Å². The van der Waals surface area contributed by atoms with E-state index >= 15 is 0 Å². The summed E-state index contributed by atoms with van der Waals surface area (Å²) >= 11 is 0. The van der Waals surface area contributed by atoms with Crippen LogP contribution < -0.4 is 0 Å².